The van der Waals surface area contributed by atoms with Gasteiger partial charge in [-0.3, -0.25) is 0 Å². The van der Waals surface area contributed by atoms with Crippen molar-refractivity contribution in [3.63, 3.8) is 0 Å². The highest BCUT2D eigenvalue weighted by molar-refractivity contribution is 5.65. The fourth-order valence-corrected chi connectivity index (χ4v) is 1.02. The van der Waals surface area contributed by atoms with E-state index in [0.717, 1.165) is 0 Å². The minimum atomic E-state index is -0.613. The Kier molecular flexibility index (Phi) is 1.62. The number of nitrogens with zero attached hydrogens (tertiary/aromatic N) is 3. The highest BCUT2D eigenvalue weighted by atomic mass is 19.1. The first kappa shape index (κ1) is 7.02. The van der Waals surface area contributed by atoms with E-state index in [1.54, 1.807) is 29.2 Å². The summed E-state index contributed by atoms with van der Waals surface area (Å²) in [6.07, 6.45) is 4.94. The molecular formula is C7H7FN4. The third kappa shape index (κ3) is 0.990. The summed E-state index contributed by atoms with van der Waals surface area (Å²) in [5.41, 5.74) is 1.24. The molecule has 2 rings (SSSR count). The molecule has 0 saturated carbocycles. The molecule has 1 N–H and O–H groups in total. The molecule has 0 fully saturated rings. The van der Waals surface area contributed by atoms with Crippen LogP contribution < -0.4 is 5.32 Å². The van der Waals surface area contributed by atoms with Crippen LogP contribution in [-0.4, -0.2) is 21.4 Å². The number of anilines is 1. The number of hydrogen-bond donors (Lipinski definition) is 1. The van der Waals surface area contributed by atoms with Gasteiger partial charge in [0.05, 0.1) is 6.20 Å². The monoisotopic (exact) mass is 166 g/mol. The molecular weight excluding hydrogens is 159 g/mol. The predicted molar refractivity (Wildman–Crippen MR) is 42.6 cm³/mol. The van der Waals surface area contributed by atoms with Gasteiger partial charge in [-0.15, -0.1) is 0 Å². The van der Waals surface area contributed by atoms with Gasteiger partial charge in [-0.2, -0.15) is 5.10 Å². The topological polar surface area (TPSA) is 42.2 Å². The Morgan fingerprint density at radius 3 is 3.33 bits per heavy atom. The van der Waals surface area contributed by atoms with Crippen molar-refractivity contribution in [2.75, 3.05) is 12.1 Å². The van der Waals surface area contributed by atoms with E-state index in [4.69, 9.17) is 0 Å². The molecule has 12 heavy (non-hydrogen) atoms. The number of aromatic nitrogens is 3. The van der Waals surface area contributed by atoms with Crippen LogP contribution in [0.3, 0.4) is 0 Å². The van der Waals surface area contributed by atoms with Crippen molar-refractivity contribution in [3.05, 3.63) is 24.7 Å². The Morgan fingerprint density at radius 1 is 1.58 bits per heavy atom. The number of nitrogens with one attached hydrogen (secondary N) is 1. The third-order valence-corrected chi connectivity index (χ3v) is 1.54. The number of alkyl halides is 1. The lowest BCUT2D eigenvalue weighted by molar-refractivity contribution is 0.536. The van der Waals surface area contributed by atoms with E-state index in [-0.39, 0.29) is 0 Å². The first-order valence-corrected chi connectivity index (χ1v) is 3.50. The van der Waals surface area contributed by atoms with Crippen LogP contribution in [0.4, 0.5) is 10.1 Å². The van der Waals surface area contributed by atoms with E-state index >= 15 is 0 Å². The molecule has 0 aliphatic heterocycles. The highest BCUT2D eigenvalue weighted by Gasteiger charge is 2.01. The van der Waals surface area contributed by atoms with Crippen LogP contribution >= 0.6 is 0 Å². The average molecular weight is 166 g/mol. The Bertz CT molecular complexity index is 384. The molecule has 0 aliphatic carbocycles. The van der Waals surface area contributed by atoms with Crippen LogP contribution in [0.15, 0.2) is 24.7 Å². The maximum Gasteiger partial charge on any atom is 0.178 e. The van der Waals surface area contributed by atoms with Gasteiger partial charge in [0.25, 0.3) is 0 Å². The second-order valence-electron chi connectivity index (χ2n) is 2.26. The summed E-state index contributed by atoms with van der Waals surface area (Å²) in [6, 6.07) is 1.76. The maximum absolute atomic E-state index is 11.9. The smallest absolute Gasteiger partial charge is 0.178 e. The molecule has 0 aliphatic rings. The quantitative estimate of drug-likeness (QED) is 0.678. The van der Waals surface area contributed by atoms with Gasteiger partial charge in [0.15, 0.2) is 12.4 Å². The lowest BCUT2D eigenvalue weighted by Gasteiger charge is -1.95. The standard InChI is InChI=1S/C7H7FN4/c8-5-10-6-4-11-12-3-1-2-9-7(6)12/h1-4,10H,5H2. The van der Waals surface area contributed by atoms with Crippen LogP contribution in [-0.2, 0) is 0 Å². The minimum Gasteiger partial charge on any atom is -0.354 e. The van der Waals surface area contributed by atoms with E-state index in [0.29, 0.717) is 11.3 Å². The van der Waals surface area contributed by atoms with Gasteiger partial charge in [-0.1, -0.05) is 0 Å². The summed E-state index contributed by atoms with van der Waals surface area (Å²) in [5.74, 6) is 0. The molecule has 2 heterocycles. The normalized spacial score (nSPS) is 10.4. The number of fused-ring (bicyclic) bond motifs is 1. The van der Waals surface area contributed by atoms with Crippen molar-refractivity contribution < 1.29 is 4.39 Å². The van der Waals surface area contributed by atoms with E-state index < -0.39 is 6.80 Å². The van der Waals surface area contributed by atoms with Crippen LogP contribution in [0.5, 0.6) is 0 Å². The third-order valence-electron chi connectivity index (χ3n) is 1.54. The molecule has 0 radical (unpaired) electrons. The zero-order chi connectivity index (χ0) is 8.39. The Hall–Kier alpha value is -1.65. The second kappa shape index (κ2) is 2.77. The maximum atomic E-state index is 11.9. The van der Waals surface area contributed by atoms with E-state index in [1.165, 1.54) is 0 Å². The van der Waals surface area contributed by atoms with Gasteiger partial charge in [0.1, 0.15) is 5.69 Å². The van der Waals surface area contributed by atoms with Crippen molar-refractivity contribution in [1.82, 2.24) is 14.6 Å². The number of halogens is 1. The first-order valence-electron chi connectivity index (χ1n) is 3.50. The molecule has 4 nitrogen and oxygen atoms in total. The number of hydrogen-bond acceptors (Lipinski definition) is 3. The van der Waals surface area contributed by atoms with Crippen molar-refractivity contribution in [3.8, 4) is 0 Å². The summed E-state index contributed by atoms with van der Waals surface area (Å²) in [4.78, 5) is 4.03. The van der Waals surface area contributed by atoms with E-state index in [9.17, 15) is 4.39 Å². The highest BCUT2D eigenvalue weighted by Crippen LogP contribution is 2.11. The molecule has 2 aromatic rings. The van der Waals surface area contributed by atoms with Gasteiger partial charge in [-0.25, -0.2) is 13.9 Å². The zero-order valence-electron chi connectivity index (χ0n) is 6.24. The van der Waals surface area contributed by atoms with Gasteiger partial charge in [-0.05, 0) is 6.07 Å². The van der Waals surface area contributed by atoms with E-state index in [1.807, 2.05) is 0 Å². The summed E-state index contributed by atoms with van der Waals surface area (Å²) in [7, 11) is 0. The van der Waals surface area contributed by atoms with E-state index in [2.05, 4.69) is 15.4 Å². The van der Waals surface area contributed by atoms with Crippen LogP contribution in [0, 0.1) is 0 Å². The predicted octanol–water partition coefficient (Wildman–Crippen LogP) is 1.07. The molecule has 0 amide bonds. The molecule has 0 unspecified atom stereocenters. The average Bonchev–Trinajstić information content (AvgIpc) is 2.50. The lowest BCUT2D eigenvalue weighted by Crippen LogP contribution is -1.95. The molecule has 0 atom stereocenters. The summed E-state index contributed by atoms with van der Waals surface area (Å²) >= 11 is 0. The molecule has 62 valence electrons. The molecule has 2 aromatic heterocycles. The van der Waals surface area contributed by atoms with Crippen LogP contribution in [0.2, 0.25) is 0 Å². The van der Waals surface area contributed by atoms with Crippen molar-refractivity contribution in [2.24, 2.45) is 0 Å². The molecule has 0 saturated heterocycles. The lowest BCUT2D eigenvalue weighted by atomic mass is 10.5. The Labute approximate surface area is 68.0 Å². The Morgan fingerprint density at radius 2 is 2.50 bits per heavy atom. The largest absolute Gasteiger partial charge is 0.354 e. The van der Waals surface area contributed by atoms with Gasteiger partial charge in [0.2, 0.25) is 0 Å². The molecule has 0 aromatic carbocycles. The summed E-state index contributed by atoms with van der Waals surface area (Å²) in [5, 5.41) is 6.48. The van der Waals surface area contributed by atoms with Gasteiger partial charge in [0, 0.05) is 12.4 Å². The minimum absolute atomic E-state index is 0.609. The summed E-state index contributed by atoms with van der Waals surface area (Å²) in [6.45, 7) is -0.613. The second-order valence-corrected chi connectivity index (χ2v) is 2.26. The molecule has 0 bridgehead atoms. The van der Waals surface area contributed by atoms with Crippen molar-refractivity contribution >= 4 is 11.3 Å². The first-order chi connectivity index (χ1) is 5.92. The fraction of sp³-hybridized carbons (Fsp3) is 0.143. The van der Waals surface area contributed by atoms with Crippen molar-refractivity contribution in [2.45, 2.75) is 0 Å². The molecule has 0 spiro atoms. The SMILES string of the molecule is FCNc1cnn2cccnc12. The van der Waals surface area contributed by atoms with Crippen LogP contribution in [0.1, 0.15) is 0 Å². The van der Waals surface area contributed by atoms with Gasteiger partial charge >= 0.3 is 0 Å². The Balaban J connectivity index is 2.55. The fourth-order valence-electron chi connectivity index (χ4n) is 1.02. The van der Waals surface area contributed by atoms with Crippen LogP contribution in [0.25, 0.3) is 5.65 Å². The zero-order valence-corrected chi connectivity index (χ0v) is 6.24. The number of rotatable bonds is 2. The van der Waals surface area contributed by atoms with Gasteiger partial charge < -0.3 is 5.32 Å². The van der Waals surface area contributed by atoms with Crippen molar-refractivity contribution in [1.29, 1.82) is 0 Å². The summed E-state index contributed by atoms with van der Waals surface area (Å²) < 4.78 is 13.5. The molecule has 5 heteroatoms.